The van der Waals surface area contributed by atoms with Crippen LogP contribution in [-0.4, -0.2) is 68.9 Å². The molecule has 0 bridgehead atoms. The van der Waals surface area contributed by atoms with Crippen molar-refractivity contribution < 1.29 is 9.59 Å². The van der Waals surface area contributed by atoms with Crippen molar-refractivity contribution in [3.8, 4) is 0 Å². The minimum atomic E-state index is -0.314. The first-order chi connectivity index (χ1) is 11.4. The van der Waals surface area contributed by atoms with Crippen LogP contribution >= 0.6 is 0 Å². The summed E-state index contributed by atoms with van der Waals surface area (Å²) >= 11 is 0. The summed E-state index contributed by atoms with van der Waals surface area (Å²) < 4.78 is 0. The van der Waals surface area contributed by atoms with Crippen molar-refractivity contribution in [3.63, 3.8) is 0 Å². The highest BCUT2D eigenvalue weighted by Gasteiger charge is 2.53. The average Bonchev–Trinajstić information content (AvgIpc) is 3.08. The van der Waals surface area contributed by atoms with Crippen molar-refractivity contribution in [2.24, 2.45) is 11.3 Å². The minimum absolute atomic E-state index is 0.0285. The van der Waals surface area contributed by atoms with Gasteiger partial charge in [-0.25, -0.2) is 0 Å². The third-order valence-electron chi connectivity index (χ3n) is 5.18. The lowest BCUT2D eigenvalue weighted by atomic mass is 9.80. The molecule has 2 saturated heterocycles. The second-order valence-corrected chi connectivity index (χ2v) is 7.26. The molecular formula is C18H26N4O2. The Labute approximate surface area is 143 Å². The quantitative estimate of drug-likeness (QED) is 0.825. The molecule has 2 heterocycles. The highest BCUT2D eigenvalue weighted by Crippen LogP contribution is 2.38. The Bertz CT molecular complexity index is 646. The van der Waals surface area contributed by atoms with E-state index in [1.807, 2.05) is 18.2 Å². The molecule has 0 aliphatic carbocycles. The maximum absolute atomic E-state index is 12.8. The topological polar surface area (TPSA) is 64.7 Å². The molecule has 6 nitrogen and oxygen atoms in total. The number of carbonyl (C=O) groups is 2. The lowest BCUT2D eigenvalue weighted by Crippen LogP contribution is -2.46. The summed E-state index contributed by atoms with van der Waals surface area (Å²) in [4.78, 5) is 28.7. The third-order valence-corrected chi connectivity index (χ3v) is 5.18. The normalized spacial score (nSPS) is 26.2. The van der Waals surface area contributed by atoms with Gasteiger partial charge in [0.2, 0.25) is 5.91 Å². The predicted octanol–water partition coefficient (Wildman–Crippen LogP) is 0.156. The molecule has 1 aromatic rings. The van der Waals surface area contributed by atoms with E-state index in [4.69, 9.17) is 0 Å². The summed E-state index contributed by atoms with van der Waals surface area (Å²) in [5, 5.41) is 6.45. The number of rotatable bonds is 4. The van der Waals surface area contributed by atoms with Gasteiger partial charge in [-0.05, 0) is 24.7 Å². The summed E-state index contributed by atoms with van der Waals surface area (Å²) in [6.07, 6.45) is 0. The van der Waals surface area contributed by atoms with E-state index in [2.05, 4.69) is 22.6 Å². The molecule has 0 aromatic heterocycles. The highest BCUT2D eigenvalue weighted by molar-refractivity contribution is 5.94. The zero-order valence-corrected chi connectivity index (χ0v) is 14.6. The number of fused-ring (bicyclic) bond motifs is 1. The zero-order chi connectivity index (χ0) is 17.3. The number of amides is 2. The number of hydrogen-bond acceptors (Lipinski definition) is 4. The second-order valence-electron chi connectivity index (χ2n) is 7.26. The van der Waals surface area contributed by atoms with Crippen molar-refractivity contribution in [1.82, 2.24) is 20.4 Å². The van der Waals surface area contributed by atoms with Crippen LogP contribution < -0.4 is 10.6 Å². The van der Waals surface area contributed by atoms with Crippen molar-refractivity contribution in [1.29, 1.82) is 0 Å². The van der Waals surface area contributed by atoms with Crippen LogP contribution in [0.3, 0.4) is 0 Å². The SMILES string of the molecule is CN1C[C@H]2CNC[C@@]2(C(=O)NCc2cccc(C(=O)N(C)C)c2)C1. The van der Waals surface area contributed by atoms with Crippen LogP contribution in [0.5, 0.6) is 0 Å². The van der Waals surface area contributed by atoms with Gasteiger partial charge in [0.1, 0.15) is 0 Å². The van der Waals surface area contributed by atoms with Gasteiger partial charge in [0.25, 0.3) is 5.91 Å². The minimum Gasteiger partial charge on any atom is -0.351 e. The van der Waals surface area contributed by atoms with Crippen molar-refractivity contribution in [2.45, 2.75) is 6.54 Å². The number of carbonyl (C=O) groups excluding carboxylic acids is 2. The second kappa shape index (κ2) is 6.53. The molecule has 24 heavy (non-hydrogen) atoms. The van der Waals surface area contributed by atoms with Crippen molar-refractivity contribution in [3.05, 3.63) is 35.4 Å². The first kappa shape index (κ1) is 16.9. The molecule has 2 aliphatic rings. The number of benzene rings is 1. The van der Waals surface area contributed by atoms with Gasteiger partial charge in [0, 0.05) is 58.3 Å². The van der Waals surface area contributed by atoms with E-state index in [1.165, 1.54) is 0 Å². The fraction of sp³-hybridized carbons (Fsp3) is 0.556. The fourth-order valence-corrected chi connectivity index (χ4v) is 3.92. The molecule has 2 amide bonds. The van der Waals surface area contributed by atoms with Gasteiger partial charge >= 0.3 is 0 Å². The van der Waals surface area contributed by atoms with Gasteiger partial charge in [-0.1, -0.05) is 12.1 Å². The number of nitrogens with zero attached hydrogens (tertiary/aromatic N) is 2. The molecule has 1 aromatic carbocycles. The molecule has 0 spiro atoms. The zero-order valence-electron chi connectivity index (χ0n) is 14.6. The summed E-state index contributed by atoms with van der Waals surface area (Å²) in [5.41, 5.74) is 1.28. The molecule has 0 radical (unpaired) electrons. The van der Waals surface area contributed by atoms with Crippen LogP contribution in [0.15, 0.2) is 24.3 Å². The molecule has 2 aliphatic heterocycles. The molecule has 2 N–H and O–H groups in total. The predicted molar refractivity (Wildman–Crippen MR) is 92.6 cm³/mol. The Morgan fingerprint density at radius 1 is 1.42 bits per heavy atom. The Hall–Kier alpha value is -1.92. The van der Waals surface area contributed by atoms with E-state index in [0.29, 0.717) is 18.0 Å². The number of nitrogens with one attached hydrogen (secondary N) is 2. The van der Waals surface area contributed by atoms with E-state index in [1.54, 1.807) is 25.1 Å². The Kier molecular flexibility index (Phi) is 4.60. The third kappa shape index (κ3) is 3.03. The molecule has 0 unspecified atom stereocenters. The molecule has 3 rings (SSSR count). The lowest BCUT2D eigenvalue weighted by molar-refractivity contribution is -0.130. The van der Waals surface area contributed by atoms with Gasteiger partial charge in [0.05, 0.1) is 5.41 Å². The van der Waals surface area contributed by atoms with Gasteiger partial charge in [-0.2, -0.15) is 0 Å². The van der Waals surface area contributed by atoms with Crippen LogP contribution in [0.2, 0.25) is 0 Å². The van der Waals surface area contributed by atoms with Gasteiger partial charge in [-0.3, -0.25) is 9.59 Å². The largest absolute Gasteiger partial charge is 0.351 e. The summed E-state index contributed by atoms with van der Waals surface area (Å²) in [6.45, 7) is 3.87. The number of hydrogen-bond donors (Lipinski definition) is 2. The van der Waals surface area contributed by atoms with E-state index in [0.717, 1.165) is 31.7 Å². The summed E-state index contributed by atoms with van der Waals surface area (Å²) in [5.74, 6) is 0.467. The first-order valence-electron chi connectivity index (χ1n) is 8.40. The Morgan fingerprint density at radius 2 is 2.21 bits per heavy atom. The number of likely N-dealkylation sites (tertiary alicyclic amines) is 1. The maximum Gasteiger partial charge on any atom is 0.253 e. The van der Waals surface area contributed by atoms with Crippen LogP contribution in [0, 0.1) is 11.3 Å². The highest BCUT2D eigenvalue weighted by atomic mass is 16.2. The molecular weight excluding hydrogens is 304 g/mol. The maximum atomic E-state index is 12.8. The van der Waals surface area contributed by atoms with Gasteiger partial charge in [-0.15, -0.1) is 0 Å². The molecule has 0 saturated carbocycles. The van der Waals surface area contributed by atoms with Gasteiger partial charge in [0.15, 0.2) is 0 Å². The van der Waals surface area contributed by atoms with E-state index >= 15 is 0 Å². The Balaban J connectivity index is 1.67. The standard InChI is InChI=1S/C18H26N4O2/c1-21(2)16(23)14-6-4-5-13(7-14)8-20-17(24)18-11-19-9-15(18)10-22(3)12-18/h4-7,15,19H,8-12H2,1-3H3,(H,20,24)/t15-,18-/m1/s1. The lowest BCUT2D eigenvalue weighted by Gasteiger charge is -2.26. The molecule has 2 atom stereocenters. The van der Waals surface area contributed by atoms with Crippen LogP contribution in [0.25, 0.3) is 0 Å². The summed E-state index contributed by atoms with van der Waals surface area (Å²) in [6, 6.07) is 7.45. The smallest absolute Gasteiger partial charge is 0.253 e. The van der Waals surface area contributed by atoms with Crippen LogP contribution in [0.4, 0.5) is 0 Å². The Morgan fingerprint density at radius 3 is 2.96 bits per heavy atom. The molecule has 6 heteroatoms. The average molecular weight is 330 g/mol. The monoisotopic (exact) mass is 330 g/mol. The van der Waals surface area contributed by atoms with Crippen molar-refractivity contribution in [2.75, 3.05) is 47.3 Å². The first-order valence-corrected chi connectivity index (χ1v) is 8.40. The van der Waals surface area contributed by atoms with Crippen molar-refractivity contribution >= 4 is 11.8 Å². The summed E-state index contributed by atoms with van der Waals surface area (Å²) in [7, 11) is 5.54. The van der Waals surface area contributed by atoms with Crippen LogP contribution in [-0.2, 0) is 11.3 Å². The molecule has 130 valence electrons. The van der Waals surface area contributed by atoms with E-state index < -0.39 is 0 Å². The molecule has 2 fully saturated rings. The van der Waals surface area contributed by atoms with Gasteiger partial charge < -0.3 is 20.4 Å². The fourth-order valence-electron chi connectivity index (χ4n) is 3.92. The van der Waals surface area contributed by atoms with E-state index in [-0.39, 0.29) is 17.2 Å². The van der Waals surface area contributed by atoms with Crippen LogP contribution in [0.1, 0.15) is 15.9 Å². The van der Waals surface area contributed by atoms with E-state index in [9.17, 15) is 9.59 Å².